The van der Waals surface area contributed by atoms with Gasteiger partial charge in [0.25, 0.3) is 0 Å². The van der Waals surface area contributed by atoms with Gasteiger partial charge in [-0.1, -0.05) is 20.3 Å². The summed E-state index contributed by atoms with van der Waals surface area (Å²) in [7, 11) is 0. The number of carbonyl (C=O) groups is 1. The zero-order valence-corrected chi connectivity index (χ0v) is 10.7. The molecule has 1 aliphatic carbocycles. The van der Waals surface area contributed by atoms with Crippen LogP contribution in [0.2, 0.25) is 0 Å². The summed E-state index contributed by atoms with van der Waals surface area (Å²) in [6.45, 7) is 6.37. The fraction of sp³-hybridized carbons (Fsp3) is 0.923. The van der Waals surface area contributed by atoms with E-state index in [1.807, 2.05) is 13.8 Å². The third-order valence-corrected chi connectivity index (χ3v) is 3.57. The van der Waals surface area contributed by atoms with E-state index in [9.17, 15) is 9.90 Å². The van der Waals surface area contributed by atoms with Gasteiger partial charge in [0.05, 0.1) is 18.1 Å². The summed E-state index contributed by atoms with van der Waals surface area (Å²) >= 11 is 0. The van der Waals surface area contributed by atoms with Gasteiger partial charge < -0.3 is 9.84 Å². The van der Waals surface area contributed by atoms with Gasteiger partial charge >= 0.3 is 5.97 Å². The van der Waals surface area contributed by atoms with Crippen LogP contribution in [0.1, 0.15) is 52.9 Å². The Morgan fingerprint density at radius 1 is 1.56 bits per heavy atom. The van der Waals surface area contributed by atoms with Crippen LogP contribution < -0.4 is 0 Å². The lowest BCUT2D eigenvalue weighted by atomic mass is 9.82. The molecule has 0 amide bonds. The minimum absolute atomic E-state index is 0.221. The number of aliphatic hydroxyl groups is 1. The zero-order chi connectivity index (χ0) is 12.2. The van der Waals surface area contributed by atoms with Crippen molar-refractivity contribution in [1.29, 1.82) is 0 Å². The van der Waals surface area contributed by atoms with Crippen molar-refractivity contribution in [3.05, 3.63) is 0 Å². The highest BCUT2D eigenvalue weighted by molar-refractivity contribution is 5.74. The van der Waals surface area contributed by atoms with E-state index >= 15 is 0 Å². The van der Waals surface area contributed by atoms with E-state index in [1.54, 1.807) is 0 Å². The molecule has 0 bridgehead atoms. The molecule has 3 heteroatoms. The van der Waals surface area contributed by atoms with Crippen LogP contribution in [0.15, 0.2) is 0 Å². The molecule has 3 unspecified atom stereocenters. The maximum absolute atomic E-state index is 11.8. The summed E-state index contributed by atoms with van der Waals surface area (Å²) in [6, 6.07) is 0. The first-order chi connectivity index (χ1) is 7.53. The molecule has 0 radical (unpaired) electrons. The number of ether oxygens (including phenoxy) is 1. The fourth-order valence-electron chi connectivity index (χ4n) is 2.76. The predicted molar refractivity (Wildman–Crippen MR) is 63.0 cm³/mol. The molecule has 1 saturated carbocycles. The Morgan fingerprint density at radius 3 is 2.69 bits per heavy atom. The maximum atomic E-state index is 11.8. The molecular weight excluding hydrogens is 204 g/mol. The molecule has 0 aromatic heterocycles. The highest BCUT2D eigenvalue weighted by Gasteiger charge is 2.45. The molecule has 0 spiro atoms. The Balaban J connectivity index is 2.72. The van der Waals surface area contributed by atoms with Crippen molar-refractivity contribution in [3.8, 4) is 0 Å². The van der Waals surface area contributed by atoms with Gasteiger partial charge in [0.15, 0.2) is 0 Å². The topological polar surface area (TPSA) is 46.5 Å². The number of hydrogen-bond acceptors (Lipinski definition) is 3. The molecule has 0 aromatic carbocycles. The molecule has 3 nitrogen and oxygen atoms in total. The van der Waals surface area contributed by atoms with E-state index in [0.717, 1.165) is 32.1 Å². The lowest BCUT2D eigenvalue weighted by Gasteiger charge is -2.31. The summed E-state index contributed by atoms with van der Waals surface area (Å²) < 4.78 is 5.07. The second-order valence-corrected chi connectivity index (χ2v) is 5.04. The van der Waals surface area contributed by atoms with Crippen LogP contribution in [0, 0.1) is 11.8 Å². The molecule has 1 N–H and O–H groups in total. The number of carbonyl (C=O) groups excluding carboxylic acids is 1. The van der Waals surface area contributed by atoms with Crippen LogP contribution in [0.5, 0.6) is 0 Å². The van der Waals surface area contributed by atoms with Crippen molar-refractivity contribution in [2.45, 2.75) is 58.5 Å². The largest absolute Gasteiger partial charge is 0.466 e. The van der Waals surface area contributed by atoms with E-state index in [1.165, 1.54) is 0 Å². The van der Waals surface area contributed by atoms with Crippen molar-refractivity contribution < 1.29 is 14.6 Å². The van der Waals surface area contributed by atoms with Crippen LogP contribution in [0.4, 0.5) is 0 Å². The molecule has 0 aromatic rings. The van der Waals surface area contributed by atoms with Crippen LogP contribution in [-0.2, 0) is 9.53 Å². The molecular formula is C13H24O3. The highest BCUT2D eigenvalue weighted by Crippen LogP contribution is 2.41. The van der Waals surface area contributed by atoms with Gasteiger partial charge in [0, 0.05) is 0 Å². The number of esters is 1. The lowest BCUT2D eigenvalue weighted by molar-refractivity contribution is -0.158. The van der Waals surface area contributed by atoms with Crippen LogP contribution >= 0.6 is 0 Å². The first-order valence-electron chi connectivity index (χ1n) is 6.42. The molecule has 1 aliphatic rings. The van der Waals surface area contributed by atoms with Crippen LogP contribution in [0.25, 0.3) is 0 Å². The van der Waals surface area contributed by atoms with Crippen molar-refractivity contribution in [2.24, 2.45) is 11.8 Å². The molecule has 1 fully saturated rings. The van der Waals surface area contributed by atoms with Crippen LogP contribution in [-0.4, -0.2) is 23.3 Å². The molecule has 94 valence electrons. The van der Waals surface area contributed by atoms with Gasteiger partial charge in [-0.15, -0.1) is 0 Å². The van der Waals surface area contributed by atoms with Crippen molar-refractivity contribution in [1.82, 2.24) is 0 Å². The molecule has 0 aliphatic heterocycles. The quantitative estimate of drug-likeness (QED) is 0.735. The van der Waals surface area contributed by atoms with Crippen molar-refractivity contribution >= 4 is 5.97 Å². The zero-order valence-electron chi connectivity index (χ0n) is 10.7. The first-order valence-corrected chi connectivity index (χ1v) is 6.42. The molecule has 3 atom stereocenters. The second kappa shape index (κ2) is 5.67. The van der Waals surface area contributed by atoms with Gasteiger partial charge in [0.2, 0.25) is 0 Å². The Morgan fingerprint density at radius 2 is 2.25 bits per heavy atom. The van der Waals surface area contributed by atoms with E-state index in [0.29, 0.717) is 12.5 Å². The highest BCUT2D eigenvalue weighted by atomic mass is 16.5. The van der Waals surface area contributed by atoms with E-state index < -0.39 is 5.60 Å². The van der Waals surface area contributed by atoms with Gasteiger partial charge in [0.1, 0.15) is 0 Å². The Labute approximate surface area is 98.2 Å². The minimum Gasteiger partial charge on any atom is -0.466 e. The molecule has 0 heterocycles. The smallest absolute Gasteiger partial charge is 0.311 e. The van der Waals surface area contributed by atoms with Gasteiger partial charge in [-0.3, -0.25) is 4.79 Å². The van der Waals surface area contributed by atoms with E-state index in [-0.39, 0.29) is 11.9 Å². The summed E-state index contributed by atoms with van der Waals surface area (Å²) in [4.78, 5) is 11.8. The number of hydrogen-bond donors (Lipinski definition) is 1. The summed E-state index contributed by atoms with van der Waals surface area (Å²) in [5.41, 5.74) is -0.818. The Kier molecular flexibility index (Phi) is 4.78. The number of rotatable bonds is 5. The average Bonchev–Trinajstić information content (AvgIpc) is 2.56. The van der Waals surface area contributed by atoms with Gasteiger partial charge in [-0.05, 0) is 38.5 Å². The lowest BCUT2D eigenvalue weighted by Crippen LogP contribution is -2.41. The standard InChI is InChI=1S/C13H24O3/c1-4-6-11(12(14)16-5-2)13(15)8-7-10(3)9-13/h10-11,15H,4-9H2,1-3H3. The van der Waals surface area contributed by atoms with E-state index in [2.05, 4.69) is 6.92 Å². The van der Waals surface area contributed by atoms with Crippen LogP contribution in [0.3, 0.4) is 0 Å². The SMILES string of the molecule is CCCC(C(=O)OCC)C1(O)CCC(C)C1. The van der Waals surface area contributed by atoms with Crippen molar-refractivity contribution in [2.75, 3.05) is 6.61 Å². The van der Waals surface area contributed by atoms with Gasteiger partial charge in [-0.25, -0.2) is 0 Å². The third-order valence-electron chi connectivity index (χ3n) is 3.57. The molecule has 0 saturated heterocycles. The normalized spacial score (nSPS) is 31.4. The molecule has 16 heavy (non-hydrogen) atoms. The monoisotopic (exact) mass is 228 g/mol. The third kappa shape index (κ3) is 2.97. The Hall–Kier alpha value is -0.570. The summed E-state index contributed by atoms with van der Waals surface area (Å²) in [5.74, 6) is -0.0397. The average molecular weight is 228 g/mol. The summed E-state index contributed by atoms with van der Waals surface area (Å²) in [5, 5.41) is 10.5. The predicted octanol–water partition coefficient (Wildman–Crippen LogP) is 2.52. The minimum atomic E-state index is -0.818. The maximum Gasteiger partial charge on any atom is 0.311 e. The van der Waals surface area contributed by atoms with Gasteiger partial charge in [-0.2, -0.15) is 0 Å². The first kappa shape index (κ1) is 13.5. The van der Waals surface area contributed by atoms with E-state index in [4.69, 9.17) is 4.74 Å². The second-order valence-electron chi connectivity index (χ2n) is 5.04. The Bertz CT molecular complexity index is 239. The van der Waals surface area contributed by atoms with Crippen molar-refractivity contribution in [3.63, 3.8) is 0 Å². The fourth-order valence-corrected chi connectivity index (χ4v) is 2.76. The molecule has 1 rings (SSSR count). The summed E-state index contributed by atoms with van der Waals surface area (Å²) in [6.07, 6.45) is 4.10.